The van der Waals surface area contributed by atoms with Crippen LogP contribution in [0.4, 0.5) is 34.9 Å². The number of hydrogen-bond donors (Lipinski definition) is 18. The molecule has 0 aliphatic carbocycles. The van der Waals surface area contributed by atoms with Gasteiger partial charge < -0.3 is 112 Å². The van der Waals surface area contributed by atoms with Crippen molar-refractivity contribution < 1.29 is 160 Å². The second kappa shape index (κ2) is 34.8. The number of imidazole rings is 6. The van der Waals surface area contributed by atoms with Gasteiger partial charge in [0.25, 0.3) is 16.7 Å². The van der Waals surface area contributed by atoms with Gasteiger partial charge in [-0.3, -0.25) is 111 Å². The lowest BCUT2D eigenvalue weighted by atomic mass is 9.91. The highest BCUT2D eigenvalue weighted by Crippen LogP contribution is 2.61. The lowest BCUT2D eigenvalue weighted by molar-refractivity contribution is -0.244. The van der Waals surface area contributed by atoms with E-state index in [2.05, 4.69) is 74.8 Å². The van der Waals surface area contributed by atoms with Crippen molar-refractivity contribution in [2.24, 2.45) is 0 Å². The van der Waals surface area contributed by atoms with Crippen molar-refractivity contribution in [3.63, 3.8) is 0 Å². The molecule has 0 spiro atoms. The first-order valence-corrected chi connectivity index (χ1v) is 49.4. The lowest BCUT2D eigenvalue weighted by Gasteiger charge is -2.43. The summed E-state index contributed by atoms with van der Waals surface area (Å²) in [5.74, 6) is -0.674. The van der Waals surface area contributed by atoms with Gasteiger partial charge in [-0.2, -0.15) is 15.0 Å². The summed E-state index contributed by atoms with van der Waals surface area (Å²) >= 11 is 0. The van der Waals surface area contributed by atoms with E-state index in [4.69, 9.17) is 122 Å². The fourth-order valence-corrected chi connectivity index (χ4v) is 23.4. The van der Waals surface area contributed by atoms with Gasteiger partial charge in [-0.15, -0.1) is 0 Å². The molecule has 0 amide bonds. The fourth-order valence-electron chi connectivity index (χ4n) is 17.3. The topological polar surface area (TPSA) is 899 Å². The molecule has 22 heterocycles. The number of nitrogens with two attached hydrogens (primary N) is 6. The summed E-state index contributed by atoms with van der Waals surface area (Å²) in [6.45, 7) is -0.0588. The largest absolute Gasteiger partial charge is 0.472 e. The van der Waals surface area contributed by atoms with Crippen LogP contribution in [0.2, 0.25) is 0 Å². The highest BCUT2D eigenvalue weighted by Gasteiger charge is 2.67. The smallest absolute Gasteiger partial charge is 0.397 e. The number of rotatable bonds is 6. The van der Waals surface area contributed by atoms with Crippen LogP contribution >= 0.6 is 46.9 Å². The monoisotopic (exact) mass is 2030 g/mol. The van der Waals surface area contributed by atoms with Gasteiger partial charge in [-0.05, 0) is 32.0 Å². The Morgan fingerprint density at radius 2 is 0.699 bits per heavy atom. The second-order valence-electron chi connectivity index (χ2n) is 32.3. The number of anilines is 6. The van der Waals surface area contributed by atoms with E-state index in [1.807, 2.05) is 0 Å². The maximum absolute atomic E-state index is 13.4. The second-order valence-corrected chi connectivity index (χ2v) is 40.6. The van der Waals surface area contributed by atoms with E-state index < -0.39 is 237 Å². The Kier molecular flexibility index (Phi) is 23.9. The number of nitrogens with one attached hydrogen (secondary N) is 3. The predicted molar refractivity (Wildman–Crippen MR) is 446 cm³/mol. The summed E-state index contributed by atoms with van der Waals surface area (Å²) in [6, 6.07) is 4.58. The highest BCUT2D eigenvalue weighted by atomic mass is 31.2. The molecule has 6 bridgehead atoms. The van der Waals surface area contributed by atoms with Crippen LogP contribution in [0.15, 0.2) is 89.1 Å². The van der Waals surface area contributed by atoms with Crippen molar-refractivity contribution in [3.05, 3.63) is 106 Å². The van der Waals surface area contributed by atoms with Crippen LogP contribution < -0.4 is 51.1 Å². The summed E-state index contributed by atoms with van der Waals surface area (Å²) < 4.78 is 194. The van der Waals surface area contributed by atoms with Gasteiger partial charge in [0.05, 0.1) is 112 Å². The minimum absolute atomic E-state index is 0.0127. The molecular formula is C66H79N27O37P6. The normalized spacial score (nSPS) is 38.4. The fraction of sp³-hybridized carbons (Fsp3) is 0.500. The molecule has 10 fully saturated rings. The van der Waals surface area contributed by atoms with Crippen LogP contribution in [0, 0.1) is 0 Å². The van der Waals surface area contributed by atoms with E-state index in [1.54, 1.807) is 0 Å². The van der Waals surface area contributed by atoms with E-state index in [0.29, 0.717) is 33.6 Å². The quantitative estimate of drug-likeness (QED) is 0.0803. The number of fused-ring (bicyclic) bond motifs is 13. The molecule has 0 saturated carbocycles. The summed E-state index contributed by atoms with van der Waals surface area (Å²) in [4.78, 5) is 158. The Morgan fingerprint density at radius 3 is 1.09 bits per heavy atom. The highest BCUT2D eigenvalue weighted by molar-refractivity contribution is 7.48. The molecule has 64 nitrogen and oxygen atoms in total. The van der Waals surface area contributed by atoms with Crippen LogP contribution in [0.1, 0.15) is 64.1 Å². The maximum atomic E-state index is 13.4. The van der Waals surface area contributed by atoms with Crippen molar-refractivity contribution in [2.45, 2.75) is 173 Å². The van der Waals surface area contributed by atoms with Gasteiger partial charge in [-0.25, -0.2) is 72.2 Å². The molecule has 30 atom stereocenters. The molecule has 0 aromatic carbocycles. The van der Waals surface area contributed by atoms with Gasteiger partial charge in [0.2, 0.25) is 17.8 Å². The van der Waals surface area contributed by atoms with Crippen molar-refractivity contribution in [1.82, 2.24) is 102 Å². The van der Waals surface area contributed by atoms with E-state index in [9.17, 15) is 86.5 Å². The van der Waals surface area contributed by atoms with Crippen LogP contribution in [0.5, 0.6) is 0 Å². The van der Waals surface area contributed by atoms with Crippen LogP contribution in [0.3, 0.4) is 0 Å². The van der Waals surface area contributed by atoms with Crippen LogP contribution in [-0.2, 0) is 115 Å². The standard InChI is InChI=1S/C22H25N9O13P2.2C22H27N9O12P2/c23-8-1-2-25-16-10(8)26-6-30(16)19-12(32)13-9(41-19)3-39-45(34,35)44-14-15-22(4-38-15,5-40-46(36,37)43-13)42-20(14)31-7-27-11-17(31)28-21(24)29-18(11)33;2*1-8-15-16(14(32)21(40-15)30-6-26-12-10(23)2-3-25-17(12)30)43-44(34,35)38-5-9-4-11(42-45(36,37)41-8)20(39-9)31-7-27-13-18(31)28-22(24)29-19(13)33/h1-2,6-7,9,12-15,19-20,32H,3-5H2,(H2,23,25)(H,34,35)(H,36,37)(H3,24,28,29,33);2*2-3,6-9,11,14-16,20-21,32H,4-5H2,1H3,(H2,23,25)(H,34,35)(H,36,37)(H3,24,28,29,33)/t9-,12+,13?,14+,15?,19-,20-,22-;8-,9+,11-,14-,15-,16+,20-,21-;8-,9-,11+,14+,15-,16-,20+,21+/m110/s1. The number of nitrogens with zero attached hydrogens (tertiary/aromatic N) is 18. The number of H-pyrrole nitrogens is 3. The summed E-state index contributed by atoms with van der Waals surface area (Å²) in [6.07, 6.45) is -20.2. The Balaban J connectivity index is 0.000000126. The average Bonchev–Trinajstić information content (AvgIpc) is 1.57. The van der Waals surface area contributed by atoms with E-state index in [0.717, 1.165) is 0 Å². The Hall–Kier alpha value is -10.0. The molecule has 10 aliphatic heterocycles. The molecule has 8 unspecified atom stereocenters. The third-order valence-corrected chi connectivity index (χ3v) is 29.5. The van der Waals surface area contributed by atoms with Crippen LogP contribution in [-0.4, -0.2) is 289 Å². The molecular weight excluding hydrogens is 1950 g/mol. The number of ether oxygens (including phenoxy) is 7. The van der Waals surface area contributed by atoms with Crippen molar-refractivity contribution >= 4 is 149 Å². The zero-order valence-electron chi connectivity index (χ0n) is 69.3. The number of nitrogen functional groups attached to an aromatic ring is 6. The van der Waals surface area contributed by atoms with E-state index in [1.165, 1.54) is 116 Å². The first-order valence-electron chi connectivity index (χ1n) is 40.5. The average molecular weight is 2030 g/mol. The molecule has 10 aliphatic rings. The van der Waals surface area contributed by atoms with E-state index in [-0.39, 0.29) is 87.7 Å². The molecule has 730 valence electrons. The minimum Gasteiger partial charge on any atom is -0.397 e. The van der Waals surface area contributed by atoms with Gasteiger partial charge in [0, 0.05) is 31.4 Å². The minimum atomic E-state index is -5.02. The van der Waals surface area contributed by atoms with Crippen LogP contribution in [0.25, 0.3) is 67.0 Å². The zero-order chi connectivity index (χ0) is 95.8. The number of aliphatic hydroxyl groups is 3. The first-order chi connectivity index (χ1) is 64.4. The summed E-state index contributed by atoms with van der Waals surface area (Å²) in [5.41, 5.74) is 33.7. The Labute approximate surface area is 754 Å². The number of aromatic nitrogens is 21. The first kappa shape index (κ1) is 93.6. The number of hydrogen-bond acceptors (Lipinski definition) is 49. The molecule has 136 heavy (non-hydrogen) atoms. The van der Waals surface area contributed by atoms with Crippen molar-refractivity contribution in [2.75, 3.05) is 67.4 Å². The molecule has 0 radical (unpaired) electrons. The number of aromatic amines is 3. The van der Waals surface area contributed by atoms with Gasteiger partial charge in [-0.1, -0.05) is 0 Å². The molecule has 12 aromatic heterocycles. The number of phosphoric acid groups is 6. The predicted octanol–water partition coefficient (Wildman–Crippen LogP) is -1.97. The molecule has 70 heteroatoms. The summed E-state index contributed by atoms with van der Waals surface area (Å²) in [5, 5.41) is 33.7. The Bertz CT molecular complexity index is 6930. The van der Waals surface area contributed by atoms with Crippen molar-refractivity contribution in [1.29, 1.82) is 0 Å². The van der Waals surface area contributed by atoms with Gasteiger partial charge in [0.15, 0.2) is 87.8 Å². The zero-order valence-corrected chi connectivity index (χ0v) is 74.7. The number of pyridine rings is 3. The molecule has 24 N–H and O–H groups in total. The third-order valence-electron chi connectivity index (χ3n) is 23.3. The maximum Gasteiger partial charge on any atom is 0.472 e. The summed E-state index contributed by atoms with van der Waals surface area (Å²) in [7, 11) is -29.8. The lowest BCUT2D eigenvalue weighted by Crippen LogP contribution is -2.61. The van der Waals surface area contributed by atoms with Gasteiger partial charge in [0.1, 0.15) is 102 Å². The molecule has 12 aromatic rings. The van der Waals surface area contributed by atoms with E-state index >= 15 is 0 Å². The molecule has 22 rings (SSSR count). The Morgan fingerprint density at radius 1 is 0.360 bits per heavy atom. The third kappa shape index (κ3) is 17.4. The number of phosphoric ester groups is 6. The van der Waals surface area contributed by atoms with Gasteiger partial charge >= 0.3 is 46.9 Å². The molecule has 10 saturated heterocycles. The number of aliphatic hydroxyl groups excluding tert-OH is 3. The SMILES string of the molecule is C[C@@H]1OP(=O)(O)O[C@@H]2C[C@@H](COP(=O)(O)O[C@H]3[C@@H](O)[C@H](n4cnc5c(N)ccnc54)O[C@H]31)O[C@H]2n1cnc2c(=O)[nH]c(N)nc21.C[C@H]1OP(=O)(O)O[C@@H]2C[C@@H](COP(=O)(O)O[C@H]3[C@@H](O)[C@H](n4cnc5c(N)ccnc54)O[C@@H]31)O[C@H]2n1cnc2c(=O)[nH]c(N)nc21.Nc1nc2c(ncn2[C@@H]2O[C@@]34COC3[C@@H]2OP(=O)(O)OC[C@H]2O[C@@H](n3cnc5c(N)ccnc53)[C@@H](O)C2OP(=O)(O)OC4)c(=O)[nH]1. The van der Waals surface area contributed by atoms with Crippen molar-refractivity contribution in [3.8, 4) is 0 Å².